The van der Waals surface area contributed by atoms with E-state index in [0.29, 0.717) is 51.4 Å². The molecule has 8 nitrogen and oxygen atoms in total. The van der Waals surface area contributed by atoms with E-state index < -0.39 is 0 Å². The standard InChI is InChI=1S/C21H33N5O3/c1-29-16-6-9-22-19(27)17-24-12-14-26(15-13-24)21(28)18-7-5-8-23-20(18)25-10-3-2-4-11-25/h5,7-8H,2-4,6,9-17H2,1H3,(H,22,27). The Morgan fingerprint density at radius 3 is 2.59 bits per heavy atom. The molecule has 0 atom stereocenters. The van der Waals surface area contributed by atoms with Crippen molar-refractivity contribution >= 4 is 17.6 Å². The molecule has 29 heavy (non-hydrogen) atoms. The van der Waals surface area contributed by atoms with E-state index in [-0.39, 0.29) is 11.8 Å². The zero-order chi connectivity index (χ0) is 20.5. The van der Waals surface area contributed by atoms with Gasteiger partial charge < -0.3 is 19.9 Å². The van der Waals surface area contributed by atoms with Crippen LogP contribution in [0.15, 0.2) is 18.3 Å². The van der Waals surface area contributed by atoms with Gasteiger partial charge in [0.15, 0.2) is 0 Å². The highest BCUT2D eigenvalue weighted by molar-refractivity contribution is 5.99. The number of nitrogens with zero attached hydrogens (tertiary/aromatic N) is 4. The smallest absolute Gasteiger partial charge is 0.257 e. The number of piperazine rings is 1. The lowest BCUT2D eigenvalue weighted by molar-refractivity contribution is -0.122. The zero-order valence-corrected chi connectivity index (χ0v) is 17.4. The Morgan fingerprint density at radius 1 is 1.10 bits per heavy atom. The van der Waals surface area contributed by atoms with E-state index >= 15 is 0 Å². The summed E-state index contributed by atoms with van der Waals surface area (Å²) in [6.07, 6.45) is 6.13. The molecule has 2 aliphatic heterocycles. The summed E-state index contributed by atoms with van der Waals surface area (Å²) in [6, 6.07) is 3.73. The van der Waals surface area contributed by atoms with Crippen molar-refractivity contribution < 1.29 is 14.3 Å². The average molecular weight is 404 g/mol. The van der Waals surface area contributed by atoms with Crippen molar-refractivity contribution in [3.63, 3.8) is 0 Å². The van der Waals surface area contributed by atoms with Gasteiger partial charge in [0.1, 0.15) is 5.82 Å². The third-order valence-electron chi connectivity index (χ3n) is 5.55. The summed E-state index contributed by atoms with van der Waals surface area (Å²) >= 11 is 0. The minimum atomic E-state index is 0.0283. The molecule has 1 aromatic heterocycles. The van der Waals surface area contributed by atoms with Crippen LogP contribution in [0, 0.1) is 0 Å². The Hall–Kier alpha value is -2.19. The van der Waals surface area contributed by atoms with Crippen LogP contribution in [-0.2, 0) is 9.53 Å². The second kappa shape index (κ2) is 11.1. The van der Waals surface area contributed by atoms with Crippen molar-refractivity contribution in [3.8, 4) is 0 Å². The molecular weight excluding hydrogens is 370 g/mol. The monoisotopic (exact) mass is 403 g/mol. The predicted octanol–water partition coefficient (Wildman–Crippen LogP) is 0.982. The summed E-state index contributed by atoms with van der Waals surface area (Å²) in [5.74, 6) is 0.887. The van der Waals surface area contributed by atoms with Gasteiger partial charge in [-0.05, 0) is 37.8 Å². The highest BCUT2D eigenvalue weighted by Gasteiger charge is 2.27. The van der Waals surface area contributed by atoms with Gasteiger partial charge in [-0.2, -0.15) is 0 Å². The molecule has 8 heteroatoms. The number of aromatic nitrogens is 1. The van der Waals surface area contributed by atoms with Gasteiger partial charge in [0.25, 0.3) is 5.91 Å². The number of carbonyl (C=O) groups excluding carboxylic acids is 2. The molecule has 0 spiro atoms. The molecular formula is C21H33N5O3. The third-order valence-corrected chi connectivity index (χ3v) is 5.55. The summed E-state index contributed by atoms with van der Waals surface area (Å²) < 4.78 is 4.98. The Morgan fingerprint density at radius 2 is 1.86 bits per heavy atom. The van der Waals surface area contributed by atoms with Crippen molar-refractivity contribution in [2.75, 3.05) is 71.0 Å². The quantitative estimate of drug-likeness (QED) is 0.652. The number of hydrogen-bond acceptors (Lipinski definition) is 6. The summed E-state index contributed by atoms with van der Waals surface area (Å²) in [4.78, 5) is 35.9. The number of piperidine rings is 1. The molecule has 1 N–H and O–H groups in total. The lowest BCUT2D eigenvalue weighted by Gasteiger charge is -2.35. The summed E-state index contributed by atoms with van der Waals surface area (Å²) in [6.45, 7) is 6.25. The minimum absolute atomic E-state index is 0.0283. The summed E-state index contributed by atoms with van der Waals surface area (Å²) in [5, 5.41) is 2.91. The Kier molecular flexibility index (Phi) is 8.25. The van der Waals surface area contributed by atoms with E-state index in [9.17, 15) is 9.59 Å². The highest BCUT2D eigenvalue weighted by Crippen LogP contribution is 2.23. The van der Waals surface area contributed by atoms with Crippen LogP contribution in [0.3, 0.4) is 0 Å². The van der Waals surface area contributed by atoms with Crippen LogP contribution in [0.2, 0.25) is 0 Å². The molecule has 1 aromatic rings. The number of amides is 2. The molecule has 3 heterocycles. The van der Waals surface area contributed by atoms with Gasteiger partial charge in [0.2, 0.25) is 5.91 Å². The van der Waals surface area contributed by atoms with Crippen LogP contribution in [0.1, 0.15) is 36.0 Å². The molecule has 0 aliphatic carbocycles. The molecule has 2 saturated heterocycles. The first-order valence-electron chi connectivity index (χ1n) is 10.7. The molecule has 2 amide bonds. The van der Waals surface area contributed by atoms with E-state index in [1.807, 2.05) is 17.0 Å². The maximum atomic E-state index is 13.1. The van der Waals surface area contributed by atoms with E-state index in [1.165, 1.54) is 6.42 Å². The Bertz CT molecular complexity index is 670. The van der Waals surface area contributed by atoms with Gasteiger partial charge in [-0.25, -0.2) is 4.98 Å². The fourth-order valence-corrected chi connectivity index (χ4v) is 3.90. The maximum absolute atomic E-state index is 13.1. The van der Waals surface area contributed by atoms with Gasteiger partial charge in [-0.15, -0.1) is 0 Å². The summed E-state index contributed by atoms with van der Waals surface area (Å²) in [7, 11) is 1.66. The van der Waals surface area contributed by atoms with Crippen molar-refractivity contribution in [1.82, 2.24) is 20.1 Å². The summed E-state index contributed by atoms with van der Waals surface area (Å²) in [5.41, 5.74) is 0.693. The highest BCUT2D eigenvalue weighted by atomic mass is 16.5. The molecule has 0 radical (unpaired) electrons. The number of methoxy groups -OCH3 is 1. The van der Waals surface area contributed by atoms with E-state index in [0.717, 1.165) is 38.2 Å². The van der Waals surface area contributed by atoms with E-state index in [2.05, 4.69) is 20.1 Å². The first-order valence-corrected chi connectivity index (χ1v) is 10.7. The average Bonchev–Trinajstić information content (AvgIpc) is 2.77. The number of hydrogen-bond donors (Lipinski definition) is 1. The Labute approximate surface area is 173 Å². The van der Waals surface area contributed by atoms with Gasteiger partial charge in [-0.3, -0.25) is 14.5 Å². The molecule has 2 aliphatic rings. The van der Waals surface area contributed by atoms with Gasteiger partial charge in [-0.1, -0.05) is 0 Å². The number of rotatable bonds is 8. The van der Waals surface area contributed by atoms with E-state index in [1.54, 1.807) is 13.3 Å². The van der Waals surface area contributed by atoms with Crippen LogP contribution >= 0.6 is 0 Å². The molecule has 3 rings (SSSR count). The molecule has 160 valence electrons. The predicted molar refractivity (Wildman–Crippen MR) is 112 cm³/mol. The van der Waals surface area contributed by atoms with Gasteiger partial charge in [0.05, 0.1) is 12.1 Å². The van der Waals surface area contributed by atoms with Crippen molar-refractivity contribution in [2.24, 2.45) is 0 Å². The SMILES string of the molecule is COCCCNC(=O)CN1CCN(C(=O)c2cccnc2N2CCCCC2)CC1. The lowest BCUT2D eigenvalue weighted by atomic mass is 10.1. The van der Waals surface area contributed by atoms with Crippen LogP contribution in [-0.4, -0.2) is 92.7 Å². The number of anilines is 1. The topological polar surface area (TPSA) is 78.0 Å². The first kappa shape index (κ1) is 21.5. The zero-order valence-electron chi connectivity index (χ0n) is 17.4. The first-order chi connectivity index (χ1) is 14.2. The number of carbonyl (C=O) groups is 2. The van der Waals surface area contributed by atoms with Gasteiger partial charge in [0, 0.05) is 65.7 Å². The van der Waals surface area contributed by atoms with Crippen LogP contribution in [0.4, 0.5) is 5.82 Å². The molecule has 0 saturated carbocycles. The fraction of sp³-hybridized carbons (Fsp3) is 0.667. The van der Waals surface area contributed by atoms with Crippen LogP contribution < -0.4 is 10.2 Å². The van der Waals surface area contributed by atoms with Crippen molar-refractivity contribution in [1.29, 1.82) is 0 Å². The number of pyridine rings is 1. The van der Waals surface area contributed by atoms with Crippen molar-refractivity contribution in [2.45, 2.75) is 25.7 Å². The molecule has 0 unspecified atom stereocenters. The second-order valence-corrected chi connectivity index (χ2v) is 7.69. The molecule has 2 fully saturated rings. The maximum Gasteiger partial charge on any atom is 0.257 e. The second-order valence-electron chi connectivity index (χ2n) is 7.69. The van der Waals surface area contributed by atoms with Gasteiger partial charge >= 0.3 is 0 Å². The fourth-order valence-electron chi connectivity index (χ4n) is 3.90. The molecule has 0 aromatic carbocycles. The third kappa shape index (κ3) is 6.14. The Balaban J connectivity index is 1.50. The molecule has 0 bridgehead atoms. The minimum Gasteiger partial charge on any atom is -0.385 e. The lowest BCUT2D eigenvalue weighted by Crippen LogP contribution is -2.51. The largest absolute Gasteiger partial charge is 0.385 e. The number of ether oxygens (including phenoxy) is 1. The normalized spacial score (nSPS) is 18.0. The number of nitrogens with one attached hydrogen (secondary N) is 1. The van der Waals surface area contributed by atoms with Crippen molar-refractivity contribution in [3.05, 3.63) is 23.9 Å². The van der Waals surface area contributed by atoms with Crippen LogP contribution in [0.5, 0.6) is 0 Å². The van der Waals surface area contributed by atoms with Crippen LogP contribution in [0.25, 0.3) is 0 Å². The van der Waals surface area contributed by atoms with E-state index in [4.69, 9.17) is 4.74 Å².